The van der Waals surface area contributed by atoms with Crippen molar-refractivity contribution in [2.45, 2.75) is 38.2 Å². The second kappa shape index (κ2) is 9.26. The monoisotopic (exact) mass is 408 g/mol. The van der Waals surface area contributed by atoms with E-state index in [0.29, 0.717) is 23.7 Å². The van der Waals surface area contributed by atoms with E-state index in [1.165, 1.54) is 28.3 Å². The molecule has 160 valence electrons. The smallest absolute Gasteiger partial charge is 0.316 e. The van der Waals surface area contributed by atoms with Crippen molar-refractivity contribution < 1.29 is 38.4 Å². The Bertz CT molecular complexity index is 770. The van der Waals surface area contributed by atoms with E-state index in [-0.39, 0.29) is 6.42 Å². The van der Waals surface area contributed by atoms with Crippen molar-refractivity contribution in [3.63, 3.8) is 0 Å². The van der Waals surface area contributed by atoms with Crippen LogP contribution in [-0.2, 0) is 23.9 Å². The van der Waals surface area contributed by atoms with Crippen molar-refractivity contribution in [2.75, 3.05) is 27.9 Å². The minimum atomic E-state index is -1.69. The van der Waals surface area contributed by atoms with Crippen LogP contribution in [0, 0.1) is 11.8 Å². The molecule has 0 radical (unpaired) electrons. The number of carbonyl (C=O) groups is 3. The van der Waals surface area contributed by atoms with Gasteiger partial charge in [0.2, 0.25) is 0 Å². The Labute approximate surface area is 170 Å². The Kier molecular flexibility index (Phi) is 7.24. The summed E-state index contributed by atoms with van der Waals surface area (Å²) in [5, 5.41) is 10.9. The summed E-state index contributed by atoms with van der Waals surface area (Å²) in [6, 6.07) is 4.91. The summed E-state index contributed by atoms with van der Waals surface area (Å²) in [5.41, 5.74) is -1.23. The van der Waals surface area contributed by atoms with Gasteiger partial charge in [-0.3, -0.25) is 14.4 Å². The molecule has 2 rings (SSSR count). The molecule has 0 unspecified atom stereocenters. The summed E-state index contributed by atoms with van der Waals surface area (Å²) in [5.74, 6) is -4.49. The summed E-state index contributed by atoms with van der Waals surface area (Å²) >= 11 is 0. The molecule has 1 aromatic rings. The fraction of sp³-hybridized carbons (Fsp3) is 0.571. The summed E-state index contributed by atoms with van der Waals surface area (Å²) < 4.78 is 20.8. The summed E-state index contributed by atoms with van der Waals surface area (Å²) in [6.07, 6.45) is 0.442. The normalized spacial score (nSPS) is 26.6. The quantitative estimate of drug-likeness (QED) is 0.538. The maximum absolute atomic E-state index is 12.7. The summed E-state index contributed by atoms with van der Waals surface area (Å²) in [4.78, 5) is 37.8. The number of rotatable bonds is 7. The van der Waals surface area contributed by atoms with Crippen LogP contribution in [0.15, 0.2) is 18.2 Å². The highest BCUT2D eigenvalue weighted by Gasteiger charge is 2.57. The molecule has 4 atom stereocenters. The first-order valence-corrected chi connectivity index (χ1v) is 9.43. The van der Waals surface area contributed by atoms with E-state index >= 15 is 0 Å². The van der Waals surface area contributed by atoms with Crippen molar-refractivity contribution >= 4 is 17.7 Å². The van der Waals surface area contributed by atoms with E-state index in [4.69, 9.17) is 18.9 Å². The molecule has 0 spiro atoms. The summed E-state index contributed by atoms with van der Waals surface area (Å²) in [7, 11) is 3.84. The Hall–Kier alpha value is -2.61. The topological polar surface area (TPSA) is 108 Å². The lowest BCUT2D eigenvalue weighted by molar-refractivity contribution is -0.170. The largest absolute Gasteiger partial charge is 0.493 e. The molecule has 0 heterocycles. The number of benzene rings is 1. The van der Waals surface area contributed by atoms with E-state index in [9.17, 15) is 19.5 Å². The van der Waals surface area contributed by atoms with Gasteiger partial charge >= 0.3 is 11.9 Å². The first kappa shape index (κ1) is 22.7. The van der Waals surface area contributed by atoms with Crippen LogP contribution < -0.4 is 9.47 Å². The fourth-order valence-corrected chi connectivity index (χ4v) is 3.89. The minimum Gasteiger partial charge on any atom is -0.493 e. The van der Waals surface area contributed by atoms with Gasteiger partial charge in [0.15, 0.2) is 17.3 Å². The molecule has 0 amide bonds. The zero-order valence-corrected chi connectivity index (χ0v) is 17.4. The molecule has 0 aliphatic heterocycles. The van der Waals surface area contributed by atoms with Crippen LogP contribution in [0.4, 0.5) is 0 Å². The van der Waals surface area contributed by atoms with Crippen LogP contribution >= 0.6 is 0 Å². The SMILES string of the molecule is CCCOc1ccc([C@@H]2[C@H](C(=O)OC)C(=O)C[C@@](C)(O)[C@H]2C(=O)OC)cc1OC. The predicted octanol–water partition coefficient (Wildman–Crippen LogP) is 1.87. The first-order valence-electron chi connectivity index (χ1n) is 9.43. The lowest BCUT2D eigenvalue weighted by Gasteiger charge is -2.43. The molecular weight excluding hydrogens is 380 g/mol. The molecule has 0 aromatic heterocycles. The Morgan fingerprint density at radius 1 is 1.14 bits per heavy atom. The van der Waals surface area contributed by atoms with Gasteiger partial charge in [-0.15, -0.1) is 0 Å². The molecule has 1 aromatic carbocycles. The van der Waals surface area contributed by atoms with Gasteiger partial charge in [0, 0.05) is 12.3 Å². The highest BCUT2D eigenvalue weighted by atomic mass is 16.5. The first-order chi connectivity index (χ1) is 13.7. The van der Waals surface area contributed by atoms with Crippen molar-refractivity contribution in [1.82, 2.24) is 0 Å². The van der Waals surface area contributed by atoms with Gasteiger partial charge < -0.3 is 24.1 Å². The number of Topliss-reactive ketones (excluding diaryl/α,β-unsaturated/α-hetero) is 1. The van der Waals surface area contributed by atoms with E-state index in [2.05, 4.69) is 0 Å². The molecule has 8 heteroatoms. The van der Waals surface area contributed by atoms with E-state index in [0.717, 1.165) is 6.42 Å². The van der Waals surface area contributed by atoms with Crippen LogP contribution in [0.25, 0.3) is 0 Å². The van der Waals surface area contributed by atoms with Crippen molar-refractivity contribution in [1.29, 1.82) is 0 Å². The Morgan fingerprint density at radius 3 is 2.34 bits per heavy atom. The van der Waals surface area contributed by atoms with Crippen molar-refractivity contribution in [3.05, 3.63) is 23.8 Å². The molecule has 1 fully saturated rings. The van der Waals surface area contributed by atoms with Gasteiger partial charge in [-0.1, -0.05) is 13.0 Å². The van der Waals surface area contributed by atoms with Gasteiger partial charge in [0.1, 0.15) is 5.92 Å². The lowest BCUT2D eigenvalue weighted by Crippen LogP contribution is -2.55. The number of ketones is 1. The molecule has 0 saturated heterocycles. The molecule has 29 heavy (non-hydrogen) atoms. The van der Waals surface area contributed by atoms with Crippen LogP contribution in [0.2, 0.25) is 0 Å². The molecule has 1 N–H and O–H groups in total. The third kappa shape index (κ3) is 4.53. The number of esters is 2. The number of carbonyl (C=O) groups excluding carboxylic acids is 3. The van der Waals surface area contributed by atoms with Gasteiger partial charge in [-0.2, -0.15) is 0 Å². The van der Waals surface area contributed by atoms with Gasteiger partial charge in [-0.05, 0) is 31.0 Å². The highest BCUT2D eigenvalue weighted by Crippen LogP contribution is 2.48. The van der Waals surface area contributed by atoms with E-state index in [1.807, 2.05) is 6.92 Å². The Balaban J connectivity index is 2.63. The number of hydrogen-bond acceptors (Lipinski definition) is 8. The number of methoxy groups -OCH3 is 3. The second-order valence-electron chi connectivity index (χ2n) is 7.29. The summed E-state index contributed by atoms with van der Waals surface area (Å²) in [6.45, 7) is 3.85. The van der Waals surface area contributed by atoms with Crippen LogP contribution in [0.3, 0.4) is 0 Å². The minimum absolute atomic E-state index is 0.363. The average molecular weight is 408 g/mol. The van der Waals surface area contributed by atoms with Crippen LogP contribution in [0.1, 0.15) is 38.2 Å². The number of hydrogen-bond donors (Lipinski definition) is 1. The molecule has 8 nitrogen and oxygen atoms in total. The standard InChI is InChI=1S/C21H28O8/c1-6-9-29-14-8-7-12(10-15(14)26-3)16-17(19(23)27-4)13(22)11-21(2,25)18(16)20(24)28-5/h7-8,10,16-18,25H,6,9,11H2,1-5H3/t16-,17-,18-,21-/m1/s1. The molecule has 1 saturated carbocycles. The van der Waals surface area contributed by atoms with Crippen molar-refractivity contribution in [3.8, 4) is 11.5 Å². The Morgan fingerprint density at radius 2 is 1.79 bits per heavy atom. The maximum atomic E-state index is 12.7. The van der Waals surface area contributed by atoms with Gasteiger partial charge in [0.25, 0.3) is 0 Å². The van der Waals surface area contributed by atoms with Crippen LogP contribution in [0.5, 0.6) is 11.5 Å². The number of ether oxygens (including phenoxy) is 4. The van der Waals surface area contributed by atoms with Gasteiger partial charge in [0.05, 0.1) is 39.5 Å². The molecular formula is C21H28O8. The molecule has 1 aliphatic carbocycles. The van der Waals surface area contributed by atoms with Crippen LogP contribution in [-0.4, -0.2) is 56.4 Å². The lowest BCUT2D eigenvalue weighted by atomic mass is 9.61. The van der Waals surface area contributed by atoms with E-state index < -0.39 is 41.1 Å². The third-order valence-electron chi connectivity index (χ3n) is 5.21. The molecule has 0 bridgehead atoms. The van der Waals surface area contributed by atoms with E-state index in [1.54, 1.807) is 18.2 Å². The zero-order chi connectivity index (χ0) is 21.8. The molecule has 1 aliphatic rings. The van der Waals surface area contributed by atoms with Crippen molar-refractivity contribution in [2.24, 2.45) is 11.8 Å². The average Bonchev–Trinajstić information content (AvgIpc) is 2.69. The highest BCUT2D eigenvalue weighted by molar-refractivity contribution is 6.02. The fourth-order valence-electron chi connectivity index (χ4n) is 3.89. The predicted molar refractivity (Wildman–Crippen MR) is 103 cm³/mol. The zero-order valence-electron chi connectivity index (χ0n) is 17.4. The number of aliphatic hydroxyl groups is 1. The maximum Gasteiger partial charge on any atom is 0.316 e. The third-order valence-corrected chi connectivity index (χ3v) is 5.21. The van der Waals surface area contributed by atoms with Gasteiger partial charge in [-0.25, -0.2) is 0 Å². The second-order valence-corrected chi connectivity index (χ2v) is 7.29.